The van der Waals surface area contributed by atoms with E-state index in [-0.39, 0.29) is 25.0 Å². The standard InChI is InChI=1S/C14H21NO3/c1-3-12-4-6-13(7-5-12)18-10-14(17)15-8-11(2)9-16/h4-7,11,16H,3,8-10H2,1-2H3,(H,15,17). The van der Waals surface area contributed by atoms with Gasteiger partial charge in [-0.1, -0.05) is 26.0 Å². The average molecular weight is 251 g/mol. The quantitative estimate of drug-likeness (QED) is 0.769. The fraction of sp³-hybridized carbons (Fsp3) is 0.500. The molecule has 100 valence electrons. The van der Waals surface area contributed by atoms with Gasteiger partial charge in [0.1, 0.15) is 5.75 Å². The summed E-state index contributed by atoms with van der Waals surface area (Å²) in [4.78, 5) is 11.4. The number of amides is 1. The van der Waals surface area contributed by atoms with E-state index in [4.69, 9.17) is 9.84 Å². The maximum atomic E-state index is 11.4. The van der Waals surface area contributed by atoms with Crippen LogP contribution in [0.15, 0.2) is 24.3 Å². The maximum Gasteiger partial charge on any atom is 0.257 e. The molecule has 0 aliphatic heterocycles. The van der Waals surface area contributed by atoms with Crippen LogP contribution in [0.25, 0.3) is 0 Å². The summed E-state index contributed by atoms with van der Waals surface area (Å²) in [5, 5.41) is 11.5. The number of aryl methyl sites for hydroxylation is 1. The molecule has 0 aliphatic carbocycles. The molecule has 18 heavy (non-hydrogen) atoms. The van der Waals surface area contributed by atoms with Crippen LogP contribution in [0.2, 0.25) is 0 Å². The number of carbonyl (C=O) groups is 1. The summed E-state index contributed by atoms with van der Waals surface area (Å²) in [6.45, 7) is 4.49. The van der Waals surface area contributed by atoms with Crippen molar-refractivity contribution in [3.05, 3.63) is 29.8 Å². The summed E-state index contributed by atoms with van der Waals surface area (Å²) in [7, 11) is 0. The molecule has 1 aromatic rings. The lowest BCUT2D eigenvalue weighted by Crippen LogP contribution is -2.33. The van der Waals surface area contributed by atoms with Gasteiger partial charge in [-0.25, -0.2) is 0 Å². The van der Waals surface area contributed by atoms with Gasteiger partial charge in [0, 0.05) is 13.2 Å². The third kappa shape index (κ3) is 5.19. The van der Waals surface area contributed by atoms with E-state index < -0.39 is 0 Å². The Morgan fingerprint density at radius 3 is 2.61 bits per heavy atom. The fourth-order valence-corrected chi connectivity index (χ4v) is 1.37. The van der Waals surface area contributed by atoms with Crippen molar-refractivity contribution >= 4 is 5.91 Å². The van der Waals surface area contributed by atoms with Crippen LogP contribution >= 0.6 is 0 Å². The molecule has 4 nitrogen and oxygen atoms in total. The Balaban J connectivity index is 2.29. The molecule has 0 saturated carbocycles. The van der Waals surface area contributed by atoms with E-state index >= 15 is 0 Å². The molecule has 0 saturated heterocycles. The van der Waals surface area contributed by atoms with Gasteiger partial charge in [0.2, 0.25) is 0 Å². The number of ether oxygens (including phenoxy) is 1. The van der Waals surface area contributed by atoms with Crippen molar-refractivity contribution in [2.24, 2.45) is 5.92 Å². The van der Waals surface area contributed by atoms with Gasteiger partial charge in [0.15, 0.2) is 6.61 Å². The number of aliphatic hydroxyl groups is 1. The van der Waals surface area contributed by atoms with Crippen LogP contribution in [0, 0.1) is 5.92 Å². The van der Waals surface area contributed by atoms with Gasteiger partial charge in [-0.3, -0.25) is 4.79 Å². The summed E-state index contributed by atoms with van der Waals surface area (Å²) in [5.74, 6) is 0.588. The molecule has 0 radical (unpaired) electrons. The third-order valence-electron chi connectivity index (χ3n) is 2.66. The number of rotatable bonds is 7. The Bertz CT molecular complexity index is 362. The van der Waals surface area contributed by atoms with Crippen LogP contribution in [0.5, 0.6) is 5.75 Å². The highest BCUT2D eigenvalue weighted by Crippen LogP contribution is 2.12. The molecule has 0 bridgehead atoms. The topological polar surface area (TPSA) is 58.6 Å². The molecule has 1 aromatic carbocycles. The molecule has 2 N–H and O–H groups in total. The molecule has 1 unspecified atom stereocenters. The average Bonchev–Trinajstić information content (AvgIpc) is 2.42. The Hall–Kier alpha value is -1.55. The van der Waals surface area contributed by atoms with E-state index in [1.807, 2.05) is 31.2 Å². The molecule has 4 heteroatoms. The molecule has 0 aromatic heterocycles. The first kappa shape index (κ1) is 14.5. The van der Waals surface area contributed by atoms with Crippen LogP contribution in [0.3, 0.4) is 0 Å². The van der Waals surface area contributed by atoms with E-state index in [9.17, 15) is 4.79 Å². The van der Waals surface area contributed by atoms with Gasteiger partial charge in [0.25, 0.3) is 5.91 Å². The van der Waals surface area contributed by atoms with Crippen molar-refractivity contribution in [2.75, 3.05) is 19.8 Å². The number of hydrogen-bond donors (Lipinski definition) is 2. The van der Waals surface area contributed by atoms with Gasteiger partial charge in [-0.2, -0.15) is 0 Å². The SMILES string of the molecule is CCc1ccc(OCC(=O)NCC(C)CO)cc1. The van der Waals surface area contributed by atoms with Crippen molar-refractivity contribution in [3.8, 4) is 5.75 Å². The zero-order chi connectivity index (χ0) is 13.4. The van der Waals surface area contributed by atoms with Crippen molar-refractivity contribution in [2.45, 2.75) is 20.3 Å². The molecule has 1 rings (SSSR count). The smallest absolute Gasteiger partial charge is 0.257 e. The lowest BCUT2D eigenvalue weighted by molar-refractivity contribution is -0.123. The highest BCUT2D eigenvalue weighted by molar-refractivity contribution is 5.77. The van der Waals surface area contributed by atoms with Gasteiger partial charge in [-0.15, -0.1) is 0 Å². The fourth-order valence-electron chi connectivity index (χ4n) is 1.37. The second-order valence-corrected chi connectivity index (χ2v) is 4.38. The molecule has 0 fully saturated rings. The number of carbonyl (C=O) groups excluding carboxylic acids is 1. The maximum absolute atomic E-state index is 11.4. The second kappa shape index (κ2) is 7.71. The first-order chi connectivity index (χ1) is 8.65. The number of hydrogen-bond acceptors (Lipinski definition) is 3. The van der Waals surface area contributed by atoms with Crippen molar-refractivity contribution in [1.82, 2.24) is 5.32 Å². The lowest BCUT2D eigenvalue weighted by atomic mass is 10.2. The molecule has 1 amide bonds. The van der Waals surface area contributed by atoms with E-state index in [0.29, 0.717) is 12.3 Å². The second-order valence-electron chi connectivity index (χ2n) is 4.38. The minimum Gasteiger partial charge on any atom is -0.484 e. The number of aliphatic hydroxyl groups excluding tert-OH is 1. The van der Waals surface area contributed by atoms with Crippen molar-refractivity contribution < 1.29 is 14.6 Å². The molecule has 0 aliphatic rings. The van der Waals surface area contributed by atoms with Gasteiger partial charge in [0.05, 0.1) is 0 Å². The predicted octanol–water partition coefficient (Wildman–Crippen LogP) is 1.37. The summed E-state index contributed by atoms with van der Waals surface area (Å²) in [5.41, 5.74) is 1.24. The van der Waals surface area contributed by atoms with Crippen LogP contribution in [-0.4, -0.2) is 30.8 Å². The van der Waals surface area contributed by atoms with Gasteiger partial charge < -0.3 is 15.2 Å². The molecular weight excluding hydrogens is 230 g/mol. The largest absolute Gasteiger partial charge is 0.484 e. The molecule has 0 spiro atoms. The van der Waals surface area contributed by atoms with Gasteiger partial charge in [-0.05, 0) is 30.0 Å². The minimum absolute atomic E-state index is 0.00359. The zero-order valence-corrected chi connectivity index (χ0v) is 11.0. The Morgan fingerprint density at radius 2 is 2.06 bits per heavy atom. The lowest BCUT2D eigenvalue weighted by Gasteiger charge is -2.10. The Morgan fingerprint density at radius 1 is 1.39 bits per heavy atom. The Kier molecular flexibility index (Phi) is 6.22. The first-order valence-corrected chi connectivity index (χ1v) is 6.25. The van der Waals surface area contributed by atoms with Crippen molar-refractivity contribution in [1.29, 1.82) is 0 Å². The van der Waals surface area contributed by atoms with E-state index in [2.05, 4.69) is 12.2 Å². The summed E-state index contributed by atoms with van der Waals surface area (Å²) < 4.78 is 5.36. The van der Waals surface area contributed by atoms with Crippen molar-refractivity contribution in [3.63, 3.8) is 0 Å². The summed E-state index contributed by atoms with van der Waals surface area (Å²) in [6, 6.07) is 7.70. The summed E-state index contributed by atoms with van der Waals surface area (Å²) >= 11 is 0. The number of nitrogens with one attached hydrogen (secondary N) is 1. The Labute approximate surface area is 108 Å². The molecular formula is C14H21NO3. The van der Waals surface area contributed by atoms with E-state index in [0.717, 1.165) is 6.42 Å². The highest BCUT2D eigenvalue weighted by atomic mass is 16.5. The highest BCUT2D eigenvalue weighted by Gasteiger charge is 2.05. The normalized spacial score (nSPS) is 11.9. The van der Waals surface area contributed by atoms with Crippen LogP contribution in [0.4, 0.5) is 0 Å². The van der Waals surface area contributed by atoms with E-state index in [1.165, 1.54) is 5.56 Å². The van der Waals surface area contributed by atoms with Gasteiger partial charge >= 0.3 is 0 Å². The predicted molar refractivity (Wildman–Crippen MR) is 70.6 cm³/mol. The van der Waals surface area contributed by atoms with E-state index in [1.54, 1.807) is 0 Å². The van der Waals surface area contributed by atoms with Crippen LogP contribution in [0.1, 0.15) is 19.4 Å². The summed E-state index contributed by atoms with van der Waals surface area (Å²) in [6.07, 6.45) is 0.986. The number of benzene rings is 1. The third-order valence-corrected chi connectivity index (χ3v) is 2.66. The zero-order valence-electron chi connectivity index (χ0n) is 11.0. The first-order valence-electron chi connectivity index (χ1n) is 6.25. The molecule has 0 heterocycles. The van der Waals surface area contributed by atoms with Crippen LogP contribution in [-0.2, 0) is 11.2 Å². The minimum atomic E-state index is -0.171. The molecule has 1 atom stereocenters. The van der Waals surface area contributed by atoms with Crippen LogP contribution < -0.4 is 10.1 Å². The monoisotopic (exact) mass is 251 g/mol.